The highest BCUT2D eigenvalue weighted by Gasteiger charge is 2.42. The molecule has 0 saturated carbocycles. The van der Waals surface area contributed by atoms with E-state index in [4.69, 9.17) is 9.47 Å². The van der Waals surface area contributed by atoms with Crippen LogP contribution in [0.4, 0.5) is 0 Å². The predicted octanol–water partition coefficient (Wildman–Crippen LogP) is 0.525. The third kappa shape index (κ3) is 3.46. The first-order valence-electron chi connectivity index (χ1n) is 8.85. The molecule has 8 heteroatoms. The number of nitrogens with zero attached hydrogens (tertiary/aromatic N) is 3. The van der Waals surface area contributed by atoms with E-state index in [0.29, 0.717) is 37.5 Å². The van der Waals surface area contributed by atoms with Crippen LogP contribution in [0.25, 0.3) is 0 Å². The van der Waals surface area contributed by atoms with Gasteiger partial charge in [0.15, 0.2) is 0 Å². The van der Waals surface area contributed by atoms with E-state index >= 15 is 0 Å². The Kier molecular flexibility index (Phi) is 5.31. The zero-order chi connectivity index (χ0) is 18.7. The maximum atomic E-state index is 13.1. The Bertz CT molecular complexity index is 696. The first-order chi connectivity index (χ1) is 12.5. The Labute approximate surface area is 153 Å². The minimum Gasteiger partial charge on any atom is -0.481 e. The van der Waals surface area contributed by atoms with Gasteiger partial charge in [-0.05, 0) is 26.0 Å². The average molecular weight is 362 g/mol. The summed E-state index contributed by atoms with van der Waals surface area (Å²) in [6, 6.07) is 3.35. The summed E-state index contributed by atoms with van der Waals surface area (Å²) in [5.74, 6) is 0.648. The highest BCUT2D eigenvalue weighted by molar-refractivity contribution is 5.96. The summed E-state index contributed by atoms with van der Waals surface area (Å²) in [6.45, 7) is 2.63. The molecule has 142 valence electrons. The van der Waals surface area contributed by atoms with Crippen LogP contribution in [-0.2, 0) is 4.79 Å². The third-order valence-corrected chi connectivity index (χ3v) is 5.49. The van der Waals surface area contributed by atoms with Crippen molar-refractivity contribution in [3.8, 4) is 11.8 Å². The van der Waals surface area contributed by atoms with Gasteiger partial charge in [0.05, 0.1) is 14.2 Å². The zero-order valence-electron chi connectivity index (χ0n) is 15.6. The lowest BCUT2D eigenvalue weighted by molar-refractivity contribution is -0.121. The molecule has 1 aromatic rings. The third-order valence-electron chi connectivity index (χ3n) is 5.49. The average Bonchev–Trinajstić information content (AvgIpc) is 2.85. The molecule has 0 radical (unpaired) electrons. The molecule has 2 saturated heterocycles. The topological polar surface area (TPSA) is 84.0 Å². The maximum absolute atomic E-state index is 13.1. The molecule has 8 nitrogen and oxygen atoms in total. The van der Waals surface area contributed by atoms with Gasteiger partial charge in [-0.3, -0.25) is 14.5 Å². The van der Waals surface area contributed by atoms with E-state index < -0.39 is 0 Å². The summed E-state index contributed by atoms with van der Waals surface area (Å²) in [5.41, 5.74) is 0.246. The fraction of sp³-hybridized carbons (Fsp3) is 0.611. The van der Waals surface area contributed by atoms with E-state index in [1.165, 1.54) is 14.2 Å². The van der Waals surface area contributed by atoms with Gasteiger partial charge in [-0.2, -0.15) is 4.98 Å². The van der Waals surface area contributed by atoms with Crippen molar-refractivity contribution in [1.29, 1.82) is 0 Å². The van der Waals surface area contributed by atoms with Crippen LogP contribution in [-0.4, -0.2) is 79.6 Å². The summed E-state index contributed by atoms with van der Waals surface area (Å²) in [7, 11) is 5.09. The van der Waals surface area contributed by atoms with Crippen molar-refractivity contribution in [2.75, 3.05) is 47.4 Å². The molecular formula is C18H26N4O4. The van der Waals surface area contributed by atoms with E-state index in [0.717, 1.165) is 19.4 Å². The van der Waals surface area contributed by atoms with Crippen LogP contribution in [0.3, 0.4) is 0 Å². The molecule has 3 heterocycles. The number of pyridine rings is 1. The summed E-state index contributed by atoms with van der Waals surface area (Å²) < 4.78 is 10.4. The van der Waals surface area contributed by atoms with E-state index in [2.05, 4.69) is 22.2 Å². The lowest BCUT2D eigenvalue weighted by Gasteiger charge is -2.49. The van der Waals surface area contributed by atoms with Crippen LogP contribution in [0, 0.1) is 0 Å². The van der Waals surface area contributed by atoms with Crippen molar-refractivity contribution in [2.45, 2.75) is 24.8 Å². The summed E-state index contributed by atoms with van der Waals surface area (Å²) in [6.07, 6.45) is 2.06. The Morgan fingerprint density at radius 3 is 2.77 bits per heavy atom. The monoisotopic (exact) mass is 362 g/mol. The second-order valence-electron chi connectivity index (χ2n) is 6.88. The van der Waals surface area contributed by atoms with Crippen molar-refractivity contribution >= 4 is 11.8 Å². The fourth-order valence-corrected chi connectivity index (χ4v) is 3.80. The number of rotatable bonds is 3. The molecule has 3 rings (SSSR count). The van der Waals surface area contributed by atoms with Crippen molar-refractivity contribution in [3.05, 3.63) is 17.7 Å². The largest absolute Gasteiger partial charge is 0.481 e. The van der Waals surface area contributed by atoms with Gasteiger partial charge in [0.25, 0.3) is 5.91 Å². The normalized spacial score (nSPS) is 24.1. The van der Waals surface area contributed by atoms with Crippen molar-refractivity contribution in [2.24, 2.45) is 0 Å². The molecule has 1 spiro atoms. The zero-order valence-corrected chi connectivity index (χ0v) is 15.6. The number of likely N-dealkylation sites (N-methyl/N-ethyl adjacent to an activating group) is 1. The molecule has 1 aromatic heterocycles. The number of amides is 2. The smallest absolute Gasteiger partial charge is 0.259 e. The molecule has 26 heavy (non-hydrogen) atoms. The van der Waals surface area contributed by atoms with Gasteiger partial charge in [-0.15, -0.1) is 0 Å². The van der Waals surface area contributed by atoms with Crippen LogP contribution in [0.15, 0.2) is 12.1 Å². The second kappa shape index (κ2) is 7.49. The fourth-order valence-electron chi connectivity index (χ4n) is 3.80. The van der Waals surface area contributed by atoms with E-state index in [1.54, 1.807) is 12.1 Å². The number of piperazine rings is 1. The van der Waals surface area contributed by atoms with Crippen molar-refractivity contribution in [3.63, 3.8) is 0 Å². The van der Waals surface area contributed by atoms with Crippen molar-refractivity contribution < 1.29 is 19.1 Å². The first kappa shape index (κ1) is 18.4. The number of carbonyl (C=O) groups excluding carboxylic acids is 2. The SMILES string of the molecule is COc1ccc(C(=O)N2CCN(C)[C@@]3(CCNC(=O)CC3)C2)c(OC)n1. The minimum atomic E-state index is -0.180. The Morgan fingerprint density at radius 2 is 2.04 bits per heavy atom. The number of nitrogens with one attached hydrogen (secondary N) is 1. The summed E-state index contributed by atoms with van der Waals surface area (Å²) in [5, 5.41) is 2.93. The lowest BCUT2D eigenvalue weighted by atomic mass is 9.86. The number of hydrogen-bond acceptors (Lipinski definition) is 6. The minimum absolute atomic E-state index is 0.0831. The number of ether oxygens (including phenoxy) is 2. The second-order valence-corrected chi connectivity index (χ2v) is 6.88. The maximum Gasteiger partial charge on any atom is 0.259 e. The van der Waals surface area contributed by atoms with Gasteiger partial charge < -0.3 is 19.7 Å². The first-order valence-corrected chi connectivity index (χ1v) is 8.85. The van der Waals surface area contributed by atoms with E-state index in [-0.39, 0.29) is 23.2 Å². The molecule has 2 fully saturated rings. The Morgan fingerprint density at radius 1 is 1.23 bits per heavy atom. The Balaban J connectivity index is 1.83. The van der Waals surface area contributed by atoms with Crippen LogP contribution in [0.5, 0.6) is 11.8 Å². The molecule has 0 aliphatic carbocycles. The molecule has 0 bridgehead atoms. The van der Waals surface area contributed by atoms with Gasteiger partial charge in [-0.25, -0.2) is 0 Å². The molecule has 0 aromatic carbocycles. The van der Waals surface area contributed by atoms with Crippen LogP contribution < -0.4 is 14.8 Å². The standard InChI is InChI=1S/C18H26N4O4/c1-21-10-11-22(12-18(21)7-6-14(23)19-9-8-18)17(24)13-4-5-15(25-2)20-16(13)26-3/h4-5H,6-12H2,1-3H3,(H,19,23)/t18-/m0/s1. The molecule has 0 unspecified atom stereocenters. The van der Waals surface area contributed by atoms with Gasteiger partial charge >= 0.3 is 0 Å². The molecule has 2 aliphatic heterocycles. The highest BCUT2D eigenvalue weighted by atomic mass is 16.5. The van der Waals surface area contributed by atoms with Gasteiger partial charge in [-0.1, -0.05) is 0 Å². The highest BCUT2D eigenvalue weighted by Crippen LogP contribution is 2.32. The van der Waals surface area contributed by atoms with E-state index in [1.807, 2.05) is 4.90 Å². The number of carbonyl (C=O) groups is 2. The lowest BCUT2D eigenvalue weighted by Crippen LogP contribution is -2.62. The number of aromatic nitrogens is 1. The summed E-state index contributed by atoms with van der Waals surface area (Å²) >= 11 is 0. The van der Waals surface area contributed by atoms with Crippen molar-refractivity contribution in [1.82, 2.24) is 20.1 Å². The molecule has 1 N–H and O–H groups in total. The van der Waals surface area contributed by atoms with Gasteiger partial charge in [0.1, 0.15) is 5.56 Å². The molecular weight excluding hydrogens is 336 g/mol. The Hall–Kier alpha value is -2.35. The predicted molar refractivity (Wildman–Crippen MR) is 95.5 cm³/mol. The number of hydrogen-bond donors (Lipinski definition) is 1. The summed E-state index contributed by atoms with van der Waals surface area (Å²) in [4.78, 5) is 33.2. The van der Waals surface area contributed by atoms with E-state index in [9.17, 15) is 9.59 Å². The van der Waals surface area contributed by atoms with Gasteiger partial charge in [0, 0.05) is 44.2 Å². The molecule has 2 aliphatic rings. The van der Waals surface area contributed by atoms with Crippen LogP contribution >= 0.6 is 0 Å². The van der Waals surface area contributed by atoms with Gasteiger partial charge in [0.2, 0.25) is 17.7 Å². The van der Waals surface area contributed by atoms with Crippen LogP contribution in [0.2, 0.25) is 0 Å². The molecule has 1 atom stereocenters. The molecule has 2 amide bonds. The quantitative estimate of drug-likeness (QED) is 0.844. The number of methoxy groups -OCH3 is 2. The van der Waals surface area contributed by atoms with Crippen LogP contribution in [0.1, 0.15) is 29.6 Å².